The van der Waals surface area contributed by atoms with Gasteiger partial charge in [-0.05, 0) is 39.5 Å². The standard InChI is InChI=1S/C8H12.C5H8O2.Rh/c1-2-4-6-8-7-5-3-1;1-4(6)3-5(2)7;/h1-2,7-8H,3-6H2;3H2,1-2H3;/b2-1-,8-7-;;. The normalized spacial score (nSPS) is 17.6. The average Bonchev–Trinajstić information content (AvgIpc) is 1.99. The summed E-state index contributed by atoms with van der Waals surface area (Å²) in [4.78, 5) is 20.1. The first kappa shape index (κ1) is 17.8. The van der Waals surface area contributed by atoms with Gasteiger partial charge in [0.15, 0.2) is 0 Å². The summed E-state index contributed by atoms with van der Waals surface area (Å²) < 4.78 is 0. The summed E-state index contributed by atoms with van der Waals surface area (Å²) in [6, 6.07) is 0. The maximum Gasteiger partial charge on any atom is 0.137 e. The number of carbonyl (C=O) groups excluding carboxylic acids is 2. The predicted molar refractivity (Wildman–Crippen MR) is 62.7 cm³/mol. The van der Waals surface area contributed by atoms with Crippen LogP contribution in [0.1, 0.15) is 46.0 Å². The Morgan fingerprint density at radius 2 is 1.06 bits per heavy atom. The van der Waals surface area contributed by atoms with Gasteiger partial charge in [-0.2, -0.15) is 0 Å². The molecule has 0 aromatic rings. The summed E-state index contributed by atoms with van der Waals surface area (Å²) in [7, 11) is 0. The molecule has 0 saturated carbocycles. The molecule has 16 heavy (non-hydrogen) atoms. The molecule has 0 fully saturated rings. The molecule has 3 heteroatoms. The van der Waals surface area contributed by atoms with Crippen molar-refractivity contribution in [2.24, 2.45) is 0 Å². The van der Waals surface area contributed by atoms with Crippen LogP contribution in [0.15, 0.2) is 24.3 Å². The van der Waals surface area contributed by atoms with Gasteiger partial charge in [0.05, 0.1) is 6.42 Å². The number of carbonyl (C=O) groups is 2. The van der Waals surface area contributed by atoms with E-state index >= 15 is 0 Å². The van der Waals surface area contributed by atoms with Crippen molar-refractivity contribution in [1.82, 2.24) is 0 Å². The predicted octanol–water partition coefficient (Wildman–Crippen LogP) is 3.22. The number of hydrogen-bond donors (Lipinski definition) is 0. The quantitative estimate of drug-likeness (QED) is 0.446. The first-order valence-corrected chi connectivity index (χ1v) is 5.42. The van der Waals surface area contributed by atoms with Gasteiger partial charge in [0.25, 0.3) is 0 Å². The number of Topliss-reactive ketones (excluding diaryl/α,β-unsaturated/α-hetero) is 2. The maximum absolute atomic E-state index is 10.0. The number of ketones is 2. The molecule has 0 heterocycles. The number of allylic oxidation sites excluding steroid dienone is 4. The minimum atomic E-state index is -0.0625. The van der Waals surface area contributed by atoms with Crippen molar-refractivity contribution in [3.8, 4) is 0 Å². The van der Waals surface area contributed by atoms with E-state index in [-0.39, 0.29) is 37.5 Å². The Labute approximate surface area is 111 Å². The second kappa shape index (κ2) is 12.5. The molecule has 1 aliphatic rings. The van der Waals surface area contributed by atoms with Crippen LogP contribution >= 0.6 is 0 Å². The van der Waals surface area contributed by atoms with Crippen molar-refractivity contribution in [3.05, 3.63) is 24.3 Å². The summed E-state index contributed by atoms with van der Waals surface area (Å²) in [6.45, 7) is 2.81. The van der Waals surface area contributed by atoms with E-state index in [1.54, 1.807) is 0 Å². The van der Waals surface area contributed by atoms with E-state index in [9.17, 15) is 9.59 Å². The Morgan fingerprint density at radius 3 is 1.19 bits per heavy atom. The summed E-state index contributed by atoms with van der Waals surface area (Å²) in [6.07, 6.45) is 14.1. The first-order chi connectivity index (χ1) is 7.13. The van der Waals surface area contributed by atoms with E-state index in [4.69, 9.17) is 0 Å². The van der Waals surface area contributed by atoms with E-state index in [0.29, 0.717) is 0 Å². The van der Waals surface area contributed by atoms with Crippen LogP contribution in [0.2, 0.25) is 0 Å². The van der Waals surface area contributed by atoms with Gasteiger partial charge in [0, 0.05) is 19.5 Å². The topological polar surface area (TPSA) is 34.1 Å². The molecule has 0 atom stereocenters. The zero-order valence-electron chi connectivity index (χ0n) is 9.99. The van der Waals surface area contributed by atoms with Crippen LogP contribution in [0, 0.1) is 0 Å². The first-order valence-electron chi connectivity index (χ1n) is 5.42. The molecule has 93 valence electrons. The van der Waals surface area contributed by atoms with Gasteiger partial charge in [0.2, 0.25) is 0 Å². The minimum absolute atomic E-state index is 0. The van der Waals surface area contributed by atoms with Gasteiger partial charge in [-0.15, -0.1) is 0 Å². The van der Waals surface area contributed by atoms with Crippen LogP contribution in [0.5, 0.6) is 0 Å². The van der Waals surface area contributed by atoms with Crippen LogP contribution in [0.25, 0.3) is 0 Å². The van der Waals surface area contributed by atoms with Crippen LogP contribution in [-0.2, 0) is 29.1 Å². The van der Waals surface area contributed by atoms with Crippen molar-refractivity contribution in [1.29, 1.82) is 0 Å². The van der Waals surface area contributed by atoms with E-state index in [1.807, 2.05) is 0 Å². The van der Waals surface area contributed by atoms with Crippen molar-refractivity contribution in [2.45, 2.75) is 46.0 Å². The van der Waals surface area contributed by atoms with Crippen molar-refractivity contribution >= 4 is 11.6 Å². The molecule has 1 rings (SSSR count). The Bertz CT molecular complexity index is 217. The summed E-state index contributed by atoms with van der Waals surface area (Å²) in [5.41, 5.74) is 0. The van der Waals surface area contributed by atoms with Crippen molar-refractivity contribution in [3.63, 3.8) is 0 Å². The van der Waals surface area contributed by atoms with Gasteiger partial charge < -0.3 is 0 Å². The molecule has 1 aliphatic carbocycles. The Morgan fingerprint density at radius 1 is 0.812 bits per heavy atom. The minimum Gasteiger partial charge on any atom is -0.300 e. The third kappa shape index (κ3) is 15.9. The van der Waals surface area contributed by atoms with Crippen molar-refractivity contribution in [2.75, 3.05) is 0 Å². The van der Waals surface area contributed by atoms with Crippen molar-refractivity contribution < 1.29 is 29.1 Å². The van der Waals surface area contributed by atoms with Crippen LogP contribution in [-0.4, -0.2) is 11.6 Å². The number of rotatable bonds is 2. The van der Waals surface area contributed by atoms with Gasteiger partial charge in [-0.1, -0.05) is 24.3 Å². The second-order valence-corrected chi connectivity index (χ2v) is 3.68. The average molecular weight is 311 g/mol. The Hall–Kier alpha value is -0.557. The van der Waals surface area contributed by atoms with Crippen LogP contribution in [0.4, 0.5) is 0 Å². The van der Waals surface area contributed by atoms with E-state index in [0.717, 1.165) is 0 Å². The molecule has 0 bridgehead atoms. The zero-order valence-corrected chi connectivity index (χ0v) is 11.6. The van der Waals surface area contributed by atoms with Gasteiger partial charge in [-0.25, -0.2) is 0 Å². The molecular weight excluding hydrogens is 291 g/mol. The fraction of sp³-hybridized carbons (Fsp3) is 0.538. The van der Waals surface area contributed by atoms with Gasteiger partial charge in [0.1, 0.15) is 11.6 Å². The zero-order chi connectivity index (χ0) is 11.5. The molecule has 2 nitrogen and oxygen atoms in total. The second-order valence-electron chi connectivity index (χ2n) is 3.68. The van der Waals surface area contributed by atoms with E-state index in [2.05, 4.69) is 24.3 Å². The molecule has 0 amide bonds. The Balaban J connectivity index is 0. The SMILES string of the molecule is C1=C\CC/C=C\CC/1.CC(=O)CC(C)=O.[Rh]. The third-order valence-corrected chi connectivity index (χ3v) is 1.83. The summed E-state index contributed by atoms with van der Waals surface area (Å²) in [5, 5.41) is 0. The monoisotopic (exact) mass is 311 g/mol. The molecule has 0 aromatic carbocycles. The fourth-order valence-corrected chi connectivity index (χ4v) is 1.21. The fourth-order valence-electron chi connectivity index (χ4n) is 1.21. The summed E-state index contributed by atoms with van der Waals surface area (Å²) in [5.74, 6) is -0.125. The molecule has 0 saturated heterocycles. The third-order valence-electron chi connectivity index (χ3n) is 1.83. The van der Waals surface area contributed by atoms with Gasteiger partial charge in [-0.3, -0.25) is 9.59 Å². The molecule has 0 N–H and O–H groups in total. The van der Waals surface area contributed by atoms with Gasteiger partial charge >= 0.3 is 0 Å². The smallest absolute Gasteiger partial charge is 0.137 e. The Kier molecular flexibility index (Phi) is 13.9. The molecular formula is C13H20O2Rh. The molecule has 0 aliphatic heterocycles. The maximum atomic E-state index is 10.0. The van der Waals surface area contributed by atoms with Crippen LogP contribution in [0.3, 0.4) is 0 Å². The molecule has 0 spiro atoms. The molecule has 0 aromatic heterocycles. The largest absolute Gasteiger partial charge is 0.300 e. The van der Waals surface area contributed by atoms with Crippen LogP contribution < -0.4 is 0 Å². The molecule has 1 radical (unpaired) electrons. The number of hydrogen-bond acceptors (Lipinski definition) is 2. The van der Waals surface area contributed by atoms with E-state index in [1.165, 1.54) is 39.5 Å². The van der Waals surface area contributed by atoms with E-state index < -0.39 is 0 Å². The molecule has 0 unspecified atom stereocenters. The summed E-state index contributed by atoms with van der Waals surface area (Å²) >= 11 is 0.